The molecule has 0 atom stereocenters. The van der Waals surface area contributed by atoms with Crippen molar-refractivity contribution in [3.8, 4) is 11.3 Å². The lowest BCUT2D eigenvalue weighted by Gasteiger charge is -2.14. The van der Waals surface area contributed by atoms with Crippen LogP contribution in [-0.2, 0) is 17.9 Å². The molecule has 130 valence electrons. The molecule has 4 rings (SSSR count). The fourth-order valence-electron chi connectivity index (χ4n) is 2.58. The molecule has 0 aliphatic rings. The van der Waals surface area contributed by atoms with Crippen molar-refractivity contribution in [2.75, 3.05) is 7.05 Å². The van der Waals surface area contributed by atoms with E-state index in [1.54, 1.807) is 24.3 Å². The molecule has 0 bridgehead atoms. The van der Waals surface area contributed by atoms with E-state index < -0.39 is 0 Å². The van der Waals surface area contributed by atoms with Crippen molar-refractivity contribution >= 4 is 16.9 Å². The number of likely N-dealkylation sites (N-methyl/N-ethyl adjacent to an activating group) is 1. The minimum atomic E-state index is -0.118. The highest BCUT2D eigenvalue weighted by Crippen LogP contribution is 2.18. The zero-order valence-corrected chi connectivity index (χ0v) is 14.1. The first-order valence-electron chi connectivity index (χ1n) is 8.09. The molecule has 4 aromatic rings. The maximum atomic E-state index is 12.4. The van der Waals surface area contributed by atoms with Crippen LogP contribution in [0, 0.1) is 0 Å². The van der Waals surface area contributed by atoms with Crippen molar-refractivity contribution in [3.05, 3.63) is 60.6 Å². The molecule has 0 unspecified atom stereocenters. The first-order chi connectivity index (χ1) is 12.7. The third-order valence-corrected chi connectivity index (χ3v) is 3.96. The van der Waals surface area contributed by atoms with Crippen LogP contribution in [0.5, 0.6) is 0 Å². The van der Waals surface area contributed by atoms with Gasteiger partial charge < -0.3 is 9.42 Å². The Morgan fingerprint density at radius 2 is 1.81 bits per heavy atom. The molecule has 0 radical (unpaired) electrons. The number of amides is 1. The Balaban J connectivity index is 1.42. The zero-order valence-electron chi connectivity index (χ0n) is 14.1. The largest absolute Gasteiger partial charge is 0.359 e. The summed E-state index contributed by atoms with van der Waals surface area (Å²) >= 11 is 0. The molecule has 3 aromatic heterocycles. The predicted molar refractivity (Wildman–Crippen MR) is 93.7 cm³/mol. The van der Waals surface area contributed by atoms with Crippen LogP contribution in [-0.4, -0.2) is 43.0 Å². The van der Waals surface area contributed by atoms with E-state index in [4.69, 9.17) is 4.52 Å². The van der Waals surface area contributed by atoms with Crippen molar-refractivity contribution < 1.29 is 9.32 Å². The quantitative estimate of drug-likeness (QED) is 0.549. The molecule has 0 spiro atoms. The lowest BCUT2D eigenvalue weighted by atomic mass is 10.2. The number of carbonyl (C=O) groups excluding carboxylic acids is 1. The van der Waals surface area contributed by atoms with E-state index in [0.29, 0.717) is 18.0 Å². The Morgan fingerprint density at radius 1 is 1.12 bits per heavy atom. The standard InChI is InChI=1S/C18H16N6O2/c1-23(11-14-10-17(22-26-14)13-6-8-19-9-7-13)18(25)12-24-20-15-4-2-3-5-16(15)21-24/h2-10H,11-12H2,1H3. The minimum absolute atomic E-state index is 0.0660. The van der Waals surface area contributed by atoms with Crippen LogP contribution in [0.15, 0.2) is 59.4 Å². The van der Waals surface area contributed by atoms with E-state index in [2.05, 4.69) is 20.3 Å². The number of hydrogen-bond acceptors (Lipinski definition) is 6. The maximum absolute atomic E-state index is 12.4. The fourth-order valence-corrected chi connectivity index (χ4v) is 2.58. The van der Waals surface area contributed by atoms with E-state index in [-0.39, 0.29) is 12.5 Å². The average molecular weight is 348 g/mol. The molecule has 8 nitrogen and oxygen atoms in total. The number of carbonyl (C=O) groups is 1. The zero-order chi connectivity index (χ0) is 17.9. The highest BCUT2D eigenvalue weighted by atomic mass is 16.5. The Bertz CT molecular complexity index is 1010. The second-order valence-corrected chi connectivity index (χ2v) is 5.88. The van der Waals surface area contributed by atoms with E-state index >= 15 is 0 Å². The Hall–Kier alpha value is -3.55. The van der Waals surface area contributed by atoms with Gasteiger partial charge in [0.2, 0.25) is 5.91 Å². The molecule has 0 saturated carbocycles. The average Bonchev–Trinajstić information content (AvgIpc) is 3.28. The molecule has 8 heteroatoms. The molecule has 0 aliphatic heterocycles. The third kappa shape index (κ3) is 3.30. The molecule has 1 amide bonds. The van der Waals surface area contributed by atoms with Crippen molar-refractivity contribution in [2.24, 2.45) is 0 Å². The monoisotopic (exact) mass is 348 g/mol. The normalized spacial score (nSPS) is 11.0. The van der Waals surface area contributed by atoms with Crippen molar-refractivity contribution in [1.29, 1.82) is 0 Å². The van der Waals surface area contributed by atoms with E-state index in [1.165, 1.54) is 4.80 Å². The summed E-state index contributed by atoms with van der Waals surface area (Å²) in [5.74, 6) is 0.485. The number of rotatable bonds is 5. The van der Waals surface area contributed by atoms with Crippen LogP contribution in [0.2, 0.25) is 0 Å². The highest BCUT2D eigenvalue weighted by Gasteiger charge is 2.15. The highest BCUT2D eigenvalue weighted by molar-refractivity contribution is 5.77. The van der Waals surface area contributed by atoms with Gasteiger partial charge in [-0.05, 0) is 24.3 Å². The second kappa shape index (κ2) is 6.75. The first-order valence-corrected chi connectivity index (χ1v) is 8.09. The summed E-state index contributed by atoms with van der Waals surface area (Å²) in [7, 11) is 1.71. The van der Waals surface area contributed by atoms with Gasteiger partial charge in [-0.15, -0.1) is 0 Å². The van der Waals surface area contributed by atoms with Gasteiger partial charge in [0.05, 0.1) is 6.54 Å². The van der Waals surface area contributed by atoms with Gasteiger partial charge in [-0.3, -0.25) is 9.78 Å². The van der Waals surface area contributed by atoms with Crippen LogP contribution in [0.1, 0.15) is 5.76 Å². The topological polar surface area (TPSA) is 89.9 Å². The number of pyridine rings is 1. The fraction of sp³-hybridized carbons (Fsp3) is 0.167. The van der Waals surface area contributed by atoms with Gasteiger partial charge >= 0.3 is 0 Å². The summed E-state index contributed by atoms with van der Waals surface area (Å²) in [6, 6.07) is 13.0. The lowest BCUT2D eigenvalue weighted by Crippen LogP contribution is -2.30. The van der Waals surface area contributed by atoms with Crippen LogP contribution < -0.4 is 0 Å². The Kier molecular flexibility index (Phi) is 4.14. The van der Waals surface area contributed by atoms with Gasteiger partial charge in [-0.25, -0.2) is 0 Å². The van der Waals surface area contributed by atoms with Gasteiger partial charge in [0.15, 0.2) is 5.76 Å². The summed E-state index contributed by atoms with van der Waals surface area (Å²) in [4.78, 5) is 19.4. The van der Waals surface area contributed by atoms with E-state index in [0.717, 1.165) is 16.6 Å². The van der Waals surface area contributed by atoms with Gasteiger partial charge in [-0.1, -0.05) is 17.3 Å². The van der Waals surface area contributed by atoms with Crippen molar-refractivity contribution in [2.45, 2.75) is 13.1 Å². The molecular weight excluding hydrogens is 332 g/mol. The lowest BCUT2D eigenvalue weighted by molar-refractivity contribution is -0.131. The first kappa shape index (κ1) is 15.9. The molecule has 26 heavy (non-hydrogen) atoms. The van der Waals surface area contributed by atoms with Crippen LogP contribution in [0.25, 0.3) is 22.3 Å². The van der Waals surface area contributed by atoms with Gasteiger partial charge in [0, 0.05) is 31.1 Å². The molecule has 0 aliphatic carbocycles. The van der Waals surface area contributed by atoms with Gasteiger partial charge in [-0.2, -0.15) is 15.0 Å². The van der Waals surface area contributed by atoms with Crippen LogP contribution >= 0.6 is 0 Å². The molecule has 3 heterocycles. The molecule has 0 fully saturated rings. The predicted octanol–water partition coefficient (Wildman–Crippen LogP) is 2.14. The summed E-state index contributed by atoms with van der Waals surface area (Å²) < 4.78 is 5.34. The second-order valence-electron chi connectivity index (χ2n) is 5.88. The third-order valence-electron chi connectivity index (χ3n) is 3.96. The van der Waals surface area contributed by atoms with Gasteiger partial charge in [0.25, 0.3) is 0 Å². The Morgan fingerprint density at radius 3 is 2.50 bits per heavy atom. The summed E-state index contributed by atoms with van der Waals surface area (Å²) in [6.07, 6.45) is 3.39. The maximum Gasteiger partial charge on any atom is 0.246 e. The van der Waals surface area contributed by atoms with Crippen LogP contribution in [0.3, 0.4) is 0 Å². The Labute approximate surface area is 149 Å². The number of aromatic nitrogens is 5. The van der Waals surface area contributed by atoms with Gasteiger partial charge in [0.1, 0.15) is 23.3 Å². The van der Waals surface area contributed by atoms with Crippen molar-refractivity contribution in [3.63, 3.8) is 0 Å². The number of nitrogens with zero attached hydrogens (tertiary/aromatic N) is 6. The summed E-state index contributed by atoms with van der Waals surface area (Å²) in [5.41, 5.74) is 3.15. The van der Waals surface area contributed by atoms with Crippen molar-refractivity contribution in [1.82, 2.24) is 30.0 Å². The smallest absolute Gasteiger partial charge is 0.246 e. The SMILES string of the molecule is CN(Cc1cc(-c2ccncc2)no1)C(=O)Cn1nc2ccccc2n1. The molecule has 0 saturated heterocycles. The summed E-state index contributed by atoms with van der Waals surface area (Å²) in [6.45, 7) is 0.383. The van der Waals surface area contributed by atoms with E-state index in [9.17, 15) is 4.79 Å². The number of benzene rings is 1. The summed E-state index contributed by atoms with van der Waals surface area (Å²) in [5, 5.41) is 12.6. The minimum Gasteiger partial charge on any atom is -0.359 e. The number of hydrogen-bond donors (Lipinski definition) is 0. The number of fused-ring (bicyclic) bond motifs is 1. The van der Waals surface area contributed by atoms with E-state index in [1.807, 2.05) is 42.5 Å². The van der Waals surface area contributed by atoms with Crippen LogP contribution in [0.4, 0.5) is 0 Å². The molecular formula is C18H16N6O2. The molecule has 1 aromatic carbocycles. The molecule has 0 N–H and O–H groups in total.